The molecule has 0 rings (SSSR count). The zero-order valence-electron chi connectivity index (χ0n) is 10.2. The molecule has 0 spiro atoms. The first-order chi connectivity index (χ1) is 6.97. The second kappa shape index (κ2) is 7.17. The lowest BCUT2D eigenvalue weighted by atomic mass is 10.1. The minimum atomic E-state index is -0.0599. The Hall–Kier alpha value is -1.17. The van der Waals surface area contributed by atoms with E-state index in [4.69, 9.17) is 6.42 Å². The molecule has 0 radical (unpaired) electrons. The third-order valence-corrected chi connectivity index (χ3v) is 1.80. The van der Waals surface area contributed by atoms with Gasteiger partial charge >= 0.3 is 6.03 Å². The third-order valence-electron chi connectivity index (χ3n) is 1.80. The number of hydrogen-bond donors (Lipinski definition) is 1. The zero-order valence-corrected chi connectivity index (χ0v) is 10.2. The van der Waals surface area contributed by atoms with Crippen molar-refractivity contribution in [3.05, 3.63) is 0 Å². The zero-order chi connectivity index (χ0) is 11.8. The highest BCUT2D eigenvalue weighted by atomic mass is 16.2. The molecule has 3 heteroatoms. The van der Waals surface area contributed by atoms with Gasteiger partial charge in [-0.1, -0.05) is 33.6 Å². The molecule has 0 aromatic carbocycles. The van der Waals surface area contributed by atoms with E-state index < -0.39 is 0 Å². The highest BCUT2D eigenvalue weighted by molar-refractivity contribution is 5.74. The van der Waals surface area contributed by atoms with Crippen molar-refractivity contribution in [2.75, 3.05) is 19.6 Å². The standard InChI is InChI=1S/C12H22N2O/c1-6-7-13-12(15)14(8-10(2)3)9-11(4)5/h1,10-11H,7-9H2,2-5H3,(H,13,15). The second-order valence-corrected chi connectivity index (χ2v) is 4.56. The molecule has 0 heterocycles. The largest absolute Gasteiger partial charge is 0.327 e. The van der Waals surface area contributed by atoms with Crippen LogP contribution in [0.25, 0.3) is 0 Å². The highest BCUT2D eigenvalue weighted by Crippen LogP contribution is 2.03. The quantitative estimate of drug-likeness (QED) is 0.691. The maximum absolute atomic E-state index is 11.7. The molecular weight excluding hydrogens is 188 g/mol. The molecule has 0 aliphatic rings. The molecule has 0 aliphatic heterocycles. The molecule has 0 unspecified atom stereocenters. The summed E-state index contributed by atoms with van der Waals surface area (Å²) < 4.78 is 0. The Labute approximate surface area is 93.2 Å². The Bertz CT molecular complexity index is 218. The molecule has 0 aromatic heterocycles. The van der Waals surface area contributed by atoms with Gasteiger partial charge in [-0.15, -0.1) is 6.42 Å². The van der Waals surface area contributed by atoms with Gasteiger partial charge in [0.1, 0.15) is 0 Å². The Balaban J connectivity index is 4.21. The summed E-state index contributed by atoms with van der Waals surface area (Å²) in [4.78, 5) is 13.5. The van der Waals surface area contributed by atoms with Gasteiger partial charge < -0.3 is 10.2 Å². The average molecular weight is 210 g/mol. The second-order valence-electron chi connectivity index (χ2n) is 4.56. The minimum Gasteiger partial charge on any atom is -0.327 e. The highest BCUT2D eigenvalue weighted by Gasteiger charge is 2.14. The lowest BCUT2D eigenvalue weighted by Gasteiger charge is -2.26. The molecule has 0 aliphatic carbocycles. The average Bonchev–Trinajstić information content (AvgIpc) is 2.11. The molecule has 1 N–H and O–H groups in total. The molecule has 86 valence electrons. The van der Waals surface area contributed by atoms with E-state index >= 15 is 0 Å². The minimum absolute atomic E-state index is 0.0599. The van der Waals surface area contributed by atoms with E-state index in [9.17, 15) is 4.79 Å². The van der Waals surface area contributed by atoms with Crippen LogP contribution in [0.3, 0.4) is 0 Å². The van der Waals surface area contributed by atoms with Gasteiger partial charge in [0.05, 0.1) is 6.54 Å². The summed E-state index contributed by atoms with van der Waals surface area (Å²) in [6.45, 7) is 10.2. The molecular formula is C12H22N2O. The fraction of sp³-hybridized carbons (Fsp3) is 0.750. The Morgan fingerprint density at radius 1 is 1.27 bits per heavy atom. The first-order valence-electron chi connectivity index (χ1n) is 5.43. The Kier molecular flexibility index (Phi) is 6.61. The van der Waals surface area contributed by atoms with Crippen molar-refractivity contribution in [1.29, 1.82) is 0 Å². The van der Waals surface area contributed by atoms with Gasteiger partial charge in [-0.2, -0.15) is 0 Å². The number of urea groups is 1. The fourth-order valence-corrected chi connectivity index (χ4v) is 1.36. The number of terminal acetylenes is 1. The van der Waals surface area contributed by atoms with E-state index in [1.54, 1.807) is 0 Å². The van der Waals surface area contributed by atoms with Crippen LogP contribution in [0.5, 0.6) is 0 Å². The van der Waals surface area contributed by atoms with Crippen LogP contribution in [-0.4, -0.2) is 30.6 Å². The maximum atomic E-state index is 11.7. The number of amides is 2. The maximum Gasteiger partial charge on any atom is 0.318 e. The van der Waals surface area contributed by atoms with E-state index in [1.807, 2.05) is 4.90 Å². The lowest BCUT2D eigenvalue weighted by molar-refractivity contribution is 0.184. The van der Waals surface area contributed by atoms with E-state index in [1.165, 1.54) is 0 Å². The van der Waals surface area contributed by atoms with Crippen LogP contribution in [0.4, 0.5) is 4.79 Å². The molecule has 0 bridgehead atoms. The molecule has 0 aromatic rings. The molecule has 0 atom stereocenters. The van der Waals surface area contributed by atoms with Gasteiger partial charge in [-0.05, 0) is 11.8 Å². The number of rotatable bonds is 5. The van der Waals surface area contributed by atoms with Gasteiger partial charge in [0.25, 0.3) is 0 Å². The van der Waals surface area contributed by atoms with Crippen molar-refractivity contribution < 1.29 is 4.79 Å². The number of nitrogens with one attached hydrogen (secondary N) is 1. The van der Waals surface area contributed by atoms with Gasteiger partial charge in [0.2, 0.25) is 0 Å². The van der Waals surface area contributed by atoms with E-state index in [0.29, 0.717) is 18.4 Å². The molecule has 0 fully saturated rings. The van der Waals surface area contributed by atoms with Crippen molar-refractivity contribution in [2.24, 2.45) is 11.8 Å². The molecule has 3 nitrogen and oxygen atoms in total. The van der Waals surface area contributed by atoms with Crippen LogP contribution >= 0.6 is 0 Å². The number of nitrogens with zero attached hydrogens (tertiary/aromatic N) is 1. The van der Waals surface area contributed by atoms with Crippen LogP contribution in [0.2, 0.25) is 0 Å². The van der Waals surface area contributed by atoms with Gasteiger partial charge in [-0.3, -0.25) is 0 Å². The van der Waals surface area contributed by atoms with Crippen LogP contribution in [0.1, 0.15) is 27.7 Å². The summed E-state index contributed by atoms with van der Waals surface area (Å²) in [6, 6.07) is -0.0599. The van der Waals surface area contributed by atoms with Gasteiger partial charge in [0, 0.05) is 13.1 Å². The van der Waals surface area contributed by atoms with Crippen molar-refractivity contribution >= 4 is 6.03 Å². The van der Waals surface area contributed by atoms with Crippen LogP contribution < -0.4 is 5.32 Å². The van der Waals surface area contributed by atoms with Crippen LogP contribution in [0, 0.1) is 24.2 Å². The summed E-state index contributed by atoms with van der Waals surface area (Å²) in [6.07, 6.45) is 5.10. The van der Waals surface area contributed by atoms with Crippen molar-refractivity contribution in [3.8, 4) is 12.3 Å². The predicted molar refractivity (Wildman–Crippen MR) is 63.5 cm³/mol. The van der Waals surface area contributed by atoms with Crippen molar-refractivity contribution in [2.45, 2.75) is 27.7 Å². The van der Waals surface area contributed by atoms with E-state index in [-0.39, 0.29) is 6.03 Å². The first-order valence-corrected chi connectivity index (χ1v) is 5.43. The Morgan fingerprint density at radius 2 is 1.73 bits per heavy atom. The summed E-state index contributed by atoms with van der Waals surface area (Å²) in [7, 11) is 0. The SMILES string of the molecule is C#CCNC(=O)N(CC(C)C)CC(C)C. The summed E-state index contributed by atoms with van der Waals surface area (Å²) in [5.41, 5.74) is 0. The molecule has 2 amide bonds. The van der Waals surface area contributed by atoms with E-state index in [0.717, 1.165) is 13.1 Å². The molecule has 0 saturated carbocycles. The monoisotopic (exact) mass is 210 g/mol. The predicted octanol–water partition coefficient (Wildman–Crippen LogP) is 1.94. The normalized spacial score (nSPS) is 10.2. The third kappa shape index (κ3) is 6.84. The Morgan fingerprint density at radius 3 is 2.07 bits per heavy atom. The van der Waals surface area contributed by atoms with Crippen molar-refractivity contribution in [1.82, 2.24) is 10.2 Å². The summed E-state index contributed by atoms with van der Waals surface area (Å²) in [5.74, 6) is 3.35. The van der Waals surface area contributed by atoms with Gasteiger partial charge in [-0.25, -0.2) is 4.79 Å². The molecule has 0 saturated heterocycles. The fourth-order valence-electron chi connectivity index (χ4n) is 1.36. The van der Waals surface area contributed by atoms with Crippen LogP contribution in [0.15, 0.2) is 0 Å². The number of hydrogen-bond acceptors (Lipinski definition) is 1. The lowest BCUT2D eigenvalue weighted by Crippen LogP contribution is -2.43. The first kappa shape index (κ1) is 13.8. The molecule has 15 heavy (non-hydrogen) atoms. The van der Waals surface area contributed by atoms with E-state index in [2.05, 4.69) is 38.9 Å². The number of carbonyl (C=O) groups is 1. The van der Waals surface area contributed by atoms with Crippen LogP contribution in [-0.2, 0) is 0 Å². The van der Waals surface area contributed by atoms with Crippen molar-refractivity contribution in [3.63, 3.8) is 0 Å². The van der Waals surface area contributed by atoms with Gasteiger partial charge in [0.15, 0.2) is 0 Å². The smallest absolute Gasteiger partial charge is 0.318 e. The topological polar surface area (TPSA) is 32.3 Å². The summed E-state index contributed by atoms with van der Waals surface area (Å²) in [5, 5.41) is 2.69. The summed E-state index contributed by atoms with van der Waals surface area (Å²) >= 11 is 0. The number of carbonyl (C=O) groups excluding carboxylic acids is 1.